The first-order valence-electron chi connectivity index (χ1n) is 8.34. The molecular weight excluding hydrogens is 290 g/mol. The van der Waals surface area contributed by atoms with Gasteiger partial charge in [0.05, 0.1) is 13.2 Å². The van der Waals surface area contributed by atoms with Crippen molar-refractivity contribution in [1.82, 2.24) is 15.1 Å². The van der Waals surface area contributed by atoms with Gasteiger partial charge in [-0.1, -0.05) is 19.1 Å². The number of hydrogen-bond acceptors (Lipinski definition) is 3. The molecule has 1 fully saturated rings. The molecular formula is C18H29N3O2. The fourth-order valence-electron chi connectivity index (χ4n) is 2.95. The Morgan fingerprint density at radius 1 is 1.39 bits per heavy atom. The summed E-state index contributed by atoms with van der Waals surface area (Å²) in [5, 5.41) is 3.09. The van der Waals surface area contributed by atoms with Crippen LogP contribution in [0.4, 0.5) is 4.79 Å². The smallest absolute Gasteiger partial charge is 0.317 e. The normalized spacial score (nSPS) is 17.2. The summed E-state index contributed by atoms with van der Waals surface area (Å²) in [5.74, 6) is 1.57. The van der Waals surface area contributed by atoms with E-state index in [2.05, 4.69) is 23.2 Å². The second-order valence-corrected chi connectivity index (χ2v) is 6.61. The summed E-state index contributed by atoms with van der Waals surface area (Å²) in [7, 11) is 5.72. The minimum atomic E-state index is 0.0478. The number of nitrogens with zero attached hydrogens (tertiary/aromatic N) is 2. The quantitative estimate of drug-likeness (QED) is 0.907. The number of methoxy groups -OCH3 is 1. The van der Waals surface area contributed by atoms with E-state index in [-0.39, 0.29) is 12.1 Å². The number of ether oxygens (including phenoxy) is 1. The minimum absolute atomic E-state index is 0.0478. The van der Waals surface area contributed by atoms with Crippen molar-refractivity contribution >= 4 is 6.03 Å². The van der Waals surface area contributed by atoms with Crippen LogP contribution in [-0.2, 0) is 0 Å². The van der Waals surface area contributed by atoms with Crippen LogP contribution < -0.4 is 10.1 Å². The fraction of sp³-hybridized carbons (Fsp3) is 0.611. The van der Waals surface area contributed by atoms with Crippen LogP contribution in [0, 0.1) is 5.92 Å². The first kappa shape index (κ1) is 17.6. The molecule has 1 heterocycles. The number of amides is 2. The second kappa shape index (κ2) is 8.20. The van der Waals surface area contributed by atoms with Crippen molar-refractivity contribution in [3.05, 3.63) is 29.8 Å². The average molecular weight is 319 g/mol. The largest absolute Gasteiger partial charge is 0.497 e. The van der Waals surface area contributed by atoms with E-state index >= 15 is 0 Å². The summed E-state index contributed by atoms with van der Waals surface area (Å²) in [6.45, 7) is 4.56. The Hall–Kier alpha value is -1.75. The van der Waals surface area contributed by atoms with Gasteiger partial charge < -0.3 is 19.9 Å². The van der Waals surface area contributed by atoms with Gasteiger partial charge in [0.25, 0.3) is 0 Å². The van der Waals surface area contributed by atoms with Gasteiger partial charge in [-0.3, -0.25) is 0 Å². The first-order chi connectivity index (χ1) is 11.0. The van der Waals surface area contributed by atoms with Crippen molar-refractivity contribution in [2.75, 3.05) is 40.8 Å². The molecule has 0 radical (unpaired) electrons. The van der Waals surface area contributed by atoms with Crippen molar-refractivity contribution in [2.45, 2.75) is 25.8 Å². The van der Waals surface area contributed by atoms with Crippen molar-refractivity contribution in [3.63, 3.8) is 0 Å². The van der Waals surface area contributed by atoms with Gasteiger partial charge in [-0.25, -0.2) is 4.79 Å². The molecule has 2 rings (SSSR count). The molecule has 5 nitrogen and oxygen atoms in total. The lowest BCUT2D eigenvalue weighted by Gasteiger charge is -2.32. The maximum atomic E-state index is 12.4. The van der Waals surface area contributed by atoms with Gasteiger partial charge >= 0.3 is 6.03 Å². The lowest BCUT2D eigenvalue weighted by atomic mass is 10.00. The Kier molecular flexibility index (Phi) is 6.28. The molecule has 0 bridgehead atoms. The van der Waals surface area contributed by atoms with Crippen LogP contribution in [0.1, 0.15) is 31.4 Å². The number of benzene rings is 1. The Balaban J connectivity index is 1.95. The summed E-state index contributed by atoms with van der Waals surface area (Å²) >= 11 is 0. The number of likely N-dealkylation sites (N-methyl/N-ethyl adjacent to an activating group) is 1. The molecule has 1 aliphatic rings. The summed E-state index contributed by atoms with van der Waals surface area (Å²) in [6.07, 6.45) is 2.20. The Labute approximate surface area is 139 Å². The summed E-state index contributed by atoms with van der Waals surface area (Å²) in [4.78, 5) is 16.4. The lowest BCUT2D eigenvalue weighted by Crippen LogP contribution is -2.46. The van der Waals surface area contributed by atoms with Crippen LogP contribution in [0.15, 0.2) is 24.3 Å². The van der Waals surface area contributed by atoms with Gasteiger partial charge in [-0.15, -0.1) is 0 Å². The van der Waals surface area contributed by atoms with E-state index < -0.39 is 0 Å². The molecule has 128 valence electrons. The number of urea groups is 1. The molecule has 1 aromatic carbocycles. The topological polar surface area (TPSA) is 44.8 Å². The van der Waals surface area contributed by atoms with Crippen LogP contribution in [0.5, 0.6) is 5.75 Å². The third-order valence-electron chi connectivity index (χ3n) is 4.62. The van der Waals surface area contributed by atoms with Crippen molar-refractivity contribution in [3.8, 4) is 5.75 Å². The Bertz CT molecular complexity index is 511. The van der Waals surface area contributed by atoms with E-state index in [4.69, 9.17) is 4.74 Å². The summed E-state index contributed by atoms with van der Waals surface area (Å²) < 4.78 is 5.30. The minimum Gasteiger partial charge on any atom is -0.497 e. The molecule has 0 aliphatic carbocycles. The number of piperidine rings is 1. The van der Waals surface area contributed by atoms with E-state index in [0.29, 0.717) is 6.54 Å². The van der Waals surface area contributed by atoms with Crippen LogP contribution in [-0.4, -0.2) is 56.7 Å². The molecule has 0 saturated carbocycles. The van der Waals surface area contributed by atoms with Gasteiger partial charge in [0.2, 0.25) is 0 Å². The zero-order valence-corrected chi connectivity index (χ0v) is 14.7. The number of nitrogens with one attached hydrogen (secondary N) is 1. The highest BCUT2D eigenvalue weighted by atomic mass is 16.5. The van der Waals surface area contributed by atoms with E-state index in [0.717, 1.165) is 43.2 Å². The average Bonchev–Trinajstić information content (AvgIpc) is 2.55. The molecule has 1 unspecified atom stereocenters. The van der Waals surface area contributed by atoms with Gasteiger partial charge in [-0.05, 0) is 50.6 Å². The Morgan fingerprint density at radius 2 is 2.09 bits per heavy atom. The SMILES string of the molecule is COc1cccc(C(CNC(=O)N2CCC(C)CC2)N(C)C)c1. The molecule has 1 N–H and O–H groups in total. The number of rotatable bonds is 5. The van der Waals surface area contributed by atoms with Gasteiger partial charge in [-0.2, -0.15) is 0 Å². The second-order valence-electron chi connectivity index (χ2n) is 6.61. The third-order valence-corrected chi connectivity index (χ3v) is 4.62. The molecule has 23 heavy (non-hydrogen) atoms. The number of carbonyl (C=O) groups is 1. The standard InChI is InChI=1S/C18H29N3O2/c1-14-8-10-21(11-9-14)18(22)19-13-17(20(2)3)15-6-5-7-16(12-15)23-4/h5-7,12,14,17H,8-11,13H2,1-4H3,(H,19,22). The van der Waals surface area contributed by atoms with E-state index in [1.165, 1.54) is 0 Å². The number of hydrogen-bond donors (Lipinski definition) is 1. The summed E-state index contributed by atoms with van der Waals surface area (Å²) in [5.41, 5.74) is 1.14. The van der Waals surface area contributed by atoms with Gasteiger partial charge in [0, 0.05) is 19.6 Å². The van der Waals surface area contributed by atoms with Gasteiger partial charge in [0.15, 0.2) is 0 Å². The predicted octanol–water partition coefficient (Wildman–Crippen LogP) is 2.74. The van der Waals surface area contributed by atoms with E-state index in [1.54, 1.807) is 7.11 Å². The van der Waals surface area contributed by atoms with Crippen molar-refractivity contribution in [1.29, 1.82) is 0 Å². The van der Waals surface area contributed by atoms with Crippen LogP contribution >= 0.6 is 0 Å². The molecule has 1 saturated heterocycles. The van der Waals surface area contributed by atoms with E-state index in [9.17, 15) is 4.79 Å². The lowest BCUT2D eigenvalue weighted by molar-refractivity contribution is 0.170. The van der Waals surface area contributed by atoms with E-state index in [1.807, 2.05) is 37.2 Å². The maximum Gasteiger partial charge on any atom is 0.317 e. The molecule has 1 aliphatic heterocycles. The molecule has 1 aromatic rings. The molecule has 0 spiro atoms. The molecule has 2 amide bonds. The maximum absolute atomic E-state index is 12.4. The number of carbonyl (C=O) groups excluding carboxylic acids is 1. The highest BCUT2D eigenvalue weighted by molar-refractivity contribution is 5.74. The molecule has 5 heteroatoms. The fourth-order valence-corrected chi connectivity index (χ4v) is 2.95. The molecule has 0 aromatic heterocycles. The first-order valence-corrected chi connectivity index (χ1v) is 8.34. The van der Waals surface area contributed by atoms with Gasteiger partial charge in [0.1, 0.15) is 5.75 Å². The van der Waals surface area contributed by atoms with Crippen LogP contribution in [0.2, 0.25) is 0 Å². The Morgan fingerprint density at radius 3 is 2.70 bits per heavy atom. The monoisotopic (exact) mass is 319 g/mol. The third kappa shape index (κ3) is 4.86. The summed E-state index contributed by atoms with van der Waals surface area (Å²) in [6, 6.07) is 8.19. The number of likely N-dealkylation sites (tertiary alicyclic amines) is 1. The zero-order chi connectivity index (χ0) is 16.8. The van der Waals surface area contributed by atoms with Crippen molar-refractivity contribution < 1.29 is 9.53 Å². The molecule has 1 atom stereocenters. The highest BCUT2D eigenvalue weighted by Gasteiger charge is 2.22. The van der Waals surface area contributed by atoms with Crippen LogP contribution in [0.25, 0.3) is 0 Å². The zero-order valence-electron chi connectivity index (χ0n) is 14.7. The highest BCUT2D eigenvalue weighted by Crippen LogP contribution is 2.22. The van der Waals surface area contributed by atoms with Crippen molar-refractivity contribution in [2.24, 2.45) is 5.92 Å². The van der Waals surface area contributed by atoms with Crippen LogP contribution in [0.3, 0.4) is 0 Å². The predicted molar refractivity (Wildman–Crippen MR) is 92.8 cm³/mol.